The van der Waals surface area contributed by atoms with E-state index in [4.69, 9.17) is 9.47 Å². The minimum absolute atomic E-state index is 0.0113. The summed E-state index contributed by atoms with van der Waals surface area (Å²) >= 11 is 0. The predicted octanol–water partition coefficient (Wildman–Crippen LogP) is 2.43. The van der Waals surface area contributed by atoms with Crippen molar-refractivity contribution >= 4 is 11.9 Å². The fourth-order valence-corrected chi connectivity index (χ4v) is 2.71. The number of alkyl carbamates (subject to hydrolysis) is 1. The topological polar surface area (TPSA) is 67.9 Å². The number of hydrogen-bond donors (Lipinski definition) is 1. The average Bonchev–Trinajstić information content (AvgIpc) is 3.04. The van der Waals surface area contributed by atoms with Gasteiger partial charge in [0.2, 0.25) is 0 Å². The summed E-state index contributed by atoms with van der Waals surface area (Å²) in [5.41, 5.74) is -0.554. The molecule has 0 unspecified atom stereocenters. The van der Waals surface area contributed by atoms with Crippen molar-refractivity contribution in [2.75, 3.05) is 6.61 Å². The third-order valence-corrected chi connectivity index (χ3v) is 3.73. The number of nitrogens with one attached hydrogen (secondary N) is 1. The van der Waals surface area contributed by atoms with Crippen LogP contribution in [0.4, 0.5) is 4.79 Å². The van der Waals surface area contributed by atoms with Gasteiger partial charge in [-0.05, 0) is 33.1 Å². The van der Waals surface area contributed by atoms with Gasteiger partial charge in [-0.1, -0.05) is 25.7 Å². The lowest BCUT2D eigenvalue weighted by molar-refractivity contribution is -0.122. The molecule has 0 radical (unpaired) electrons. The van der Waals surface area contributed by atoms with E-state index in [2.05, 4.69) is 5.32 Å². The lowest BCUT2D eigenvalue weighted by Crippen LogP contribution is -2.45. The summed E-state index contributed by atoms with van der Waals surface area (Å²) in [6.45, 7) is 5.91. The van der Waals surface area contributed by atoms with E-state index in [1.165, 1.54) is 12.8 Å². The van der Waals surface area contributed by atoms with Crippen LogP contribution in [0.3, 0.4) is 0 Å². The Morgan fingerprint density at radius 3 is 2.40 bits per heavy atom. The molecule has 0 aromatic carbocycles. The molecular formula is C15H25NO4. The maximum atomic E-state index is 12.2. The molecular weight excluding hydrogens is 258 g/mol. The monoisotopic (exact) mass is 283 g/mol. The Kier molecular flexibility index (Phi) is 4.68. The lowest BCUT2D eigenvalue weighted by atomic mass is 9.95. The Morgan fingerprint density at radius 2 is 1.90 bits per heavy atom. The molecule has 20 heavy (non-hydrogen) atoms. The van der Waals surface area contributed by atoms with Crippen molar-refractivity contribution in [2.45, 2.75) is 70.6 Å². The molecule has 1 aliphatic carbocycles. The number of carbonyl (C=O) groups is 2. The standard InChI is InChI=1S/C15H25NO4/c1-15(2,3)20-14(18)16-11(13(17)12-9-19-12)8-10-6-4-5-7-10/h10-12H,4-9H2,1-3H3,(H,16,18)/t11-,12+/m0/s1. The largest absolute Gasteiger partial charge is 0.444 e. The summed E-state index contributed by atoms with van der Waals surface area (Å²) in [6.07, 6.45) is 4.59. The smallest absolute Gasteiger partial charge is 0.408 e. The Labute approximate surface area is 120 Å². The van der Waals surface area contributed by atoms with Crippen molar-refractivity contribution in [3.8, 4) is 0 Å². The number of ether oxygens (including phenoxy) is 2. The Balaban J connectivity index is 1.90. The first-order valence-electron chi connectivity index (χ1n) is 7.50. The molecule has 1 aliphatic heterocycles. The van der Waals surface area contributed by atoms with Crippen LogP contribution in [-0.4, -0.2) is 36.2 Å². The number of hydrogen-bond acceptors (Lipinski definition) is 4. The van der Waals surface area contributed by atoms with Gasteiger partial charge in [0.05, 0.1) is 12.6 Å². The number of epoxide rings is 1. The Morgan fingerprint density at radius 1 is 1.30 bits per heavy atom. The molecule has 1 saturated carbocycles. The van der Waals surface area contributed by atoms with Crippen molar-refractivity contribution in [2.24, 2.45) is 5.92 Å². The summed E-state index contributed by atoms with van der Waals surface area (Å²) in [6, 6.07) is -0.472. The van der Waals surface area contributed by atoms with Crippen molar-refractivity contribution in [3.63, 3.8) is 0 Å². The highest BCUT2D eigenvalue weighted by molar-refractivity contribution is 5.92. The molecule has 0 spiro atoms. The minimum atomic E-state index is -0.554. The Hall–Kier alpha value is -1.10. The van der Waals surface area contributed by atoms with Crippen LogP contribution in [0.2, 0.25) is 0 Å². The van der Waals surface area contributed by atoms with Gasteiger partial charge in [0.15, 0.2) is 5.78 Å². The predicted molar refractivity (Wildman–Crippen MR) is 74.5 cm³/mol. The second-order valence-electron chi connectivity index (χ2n) is 6.81. The molecule has 2 rings (SSSR count). The molecule has 1 N–H and O–H groups in total. The van der Waals surface area contributed by atoms with E-state index < -0.39 is 17.7 Å². The van der Waals surface area contributed by atoms with Gasteiger partial charge in [-0.15, -0.1) is 0 Å². The second-order valence-corrected chi connectivity index (χ2v) is 6.81. The molecule has 5 nitrogen and oxygen atoms in total. The highest BCUT2D eigenvalue weighted by Crippen LogP contribution is 2.29. The van der Waals surface area contributed by atoms with Gasteiger partial charge in [-0.3, -0.25) is 4.79 Å². The summed E-state index contributed by atoms with van der Waals surface area (Å²) in [5, 5.41) is 2.73. The van der Waals surface area contributed by atoms with Gasteiger partial charge < -0.3 is 14.8 Å². The average molecular weight is 283 g/mol. The van der Waals surface area contributed by atoms with E-state index >= 15 is 0 Å². The normalized spacial score (nSPS) is 24.2. The van der Waals surface area contributed by atoms with Gasteiger partial charge in [-0.2, -0.15) is 0 Å². The van der Waals surface area contributed by atoms with E-state index in [9.17, 15) is 9.59 Å². The van der Waals surface area contributed by atoms with Crippen LogP contribution >= 0.6 is 0 Å². The van der Waals surface area contributed by atoms with Gasteiger partial charge in [0, 0.05) is 0 Å². The maximum absolute atomic E-state index is 12.2. The first kappa shape index (κ1) is 15.3. The van der Waals surface area contributed by atoms with Crippen molar-refractivity contribution in [3.05, 3.63) is 0 Å². The van der Waals surface area contributed by atoms with Crippen LogP contribution < -0.4 is 5.32 Å². The molecule has 1 amide bonds. The zero-order chi connectivity index (χ0) is 14.8. The minimum Gasteiger partial charge on any atom is -0.444 e. The van der Waals surface area contributed by atoms with Crippen molar-refractivity contribution in [1.82, 2.24) is 5.32 Å². The zero-order valence-electron chi connectivity index (χ0n) is 12.6. The fourth-order valence-electron chi connectivity index (χ4n) is 2.71. The third-order valence-electron chi connectivity index (χ3n) is 3.73. The highest BCUT2D eigenvalue weighted by Gasteiger charge is 2.38. The lowest BCUT2D eigenvalue weighted by Gasteiger charge is -2.24. The van der Waals surface area contributed by atoms with Crippen LogP contribution in [0, 0.1) is 5.92 Å². The molecule has 1 saturated heterocycles. The van der Waals surface area contributed by atoms with Crippen LogP contribution in [0.15, 0.2) is 0 Å². The van der Waals surface area contributed by atoms with Crippen LogP contribution in [0.1, 0.15) is 52.9 Å². The summed E-state index contributed by atoms with van der Waals surface area (Å²) in [7, 11) is 0. The first-order chi connectivity index (χ1) is 9.35. The van der Waals surface area contributed by atoms with E-state index in [0.29, 0.717) is 18.9 Å². The van der Waals surface area contributed by atoms with Gasteiger partial charge in [0.1, 0.15) is 11.7 Å². The molecule has 0 aromatic rings. The third kappa shape index (κ3) is 4.78. The molecule has 0 bridgehead atoms. The Bertz CT molecular complexity index is 365. The van der Waals surface area contributed by atoms with Gasteiger partial charge in [0.25, 0.3) is 0 Å². The maximum Gasteiger partial charge on any atom is 0.408 e. The quantitative estimate of drug-likeness (QED) is 0.787. The highest BCUT2D eigenvalue weighted by atomic mass is 16.6. The summed E-state index contributed by atoms with van der Waals surface area (Å²) in [5.74, 6) is 0.514. The van der Waals surface area contributed by atoms with E-state index in [-0.39, 0.29) is 11.9 Å². The fraction of sp³-hybridized carbons (Fsp3) is 0.867. The van der Waals surface area contributed by atoms with Crippen molar-refractivity contribution < 1.29 is 19.1 Å². The van der Waals surface area contributed by atoms with Crippen molar-refractivity contribution in [1.29, 1.82) is 0 Å². The molecule has 2 fully saturated rings. The summed E-state index contributed by atoms with van der Waals surface area (Å²) in [4.78, 5) is 24.1. The van der Waals surface area contributed by atoms with Gasteiger partial charge in [-0.25, -0.2) is 4.79 Å². The number of rotatable bonds is 5. The van der Waals surface area contributed by atoms with Gasteiger partial charge >= 0.3 is 6.09 Å². The molecule has 5 heteroatoms. The van der Waals surface area contributed by atoms with E-state index in [1.807, 2.05) is 20.8 Å². The van der Waals surface area contributed by atoms with Crippen LogP contribution in [-0.2, 0) is 14.3 Å². The van der Waals surface area contributed by atoms with Crippen LogP contribution in [0.25, 0.3) is 0 Å². The number of Topliss-reactive ketones (excluding diaryl/α,β-unsaturated/α-hetero) is 1. The number of ketones is 1. The number of carbonyl (C=O) groups excluding carboxylic acids is 2. The van der Waals surface area contributed by atoms with Crippen LogP contribution in [0.5, 0.6) is 0 Å². The van der Waals surface area contributed by atoms with E-state index in [1.54, 1.807) is 0 Å². The number of amides is 1. The SMILES string of the molecule is CC(C)(C)OC(=O)N[C@@H](CC1CCCC1)C(=O)[C@H]1CO1. The van der Waals surface area contributed by atoms with E-state index in [0.717, 1.165) is 12.8 Å². The molecule has 2 aliphatic rings. The molecule has 114 valence electrons. The zero-order valence-corrected chi connectivity index (χ0v) is 12.6. The molecule has 0 aromatic heterocycles. The first-order valence-corrected chi connectivity index (χ1v) is 7.50. The molecule has 2 atom stereocenters. The molecule has 1 heterocycles. The second kappa shape index (κ2) is 6.12. The summed E-state index contributed by atoms with van der Waals surface area (Å²) < 4.78 is 10.3.